The van der Waals surface area contributed by atoms with Crippen LogP contribution in [0.25, 0.3) is 0 Å². The lowest BCUT2D eigenvalue weighted by atomic mass is 9.77. The maximum absolute atomic E-state index is 13.2. The van der Waals surface area contributed by atoms with Crippen LogP contribution in [0.5, 0.6) is 0 Å². The van der Waals surface area contributed by atoms with Gasteiger partial charge >= 0.3 is 0 Å². The van der Waals surface area contributed by atoms with Crippen LogP contribution in [0.2, 0.25) is 0 Å². The number of nitro benzene ring substituents is 1. The number of nitro groups is 1. The van der Waals surface area contributed by atoms with Crippen molar-refractivity contribution in [3.8, 4) is 0 Å². The number of carbonyl (C=O) groups excluding carboxylic acids is 1. The van der Waals surface area contributed by atoms with Crippen molar-refractivity contribution in [3.05, 3.63) is 39.7 Å². The predicted octanol–water partition coefficient (Wildman–Crippen LogP) is 1.38. The van der Waals surface area contributed by atoms with Crippen LogP contribution < -0.4 is 5.32 Å². The first-order chi connectivity index (χ1) is 8.96. The molecule has 0 aromatic heterocycles. The number of hydrogen-bond acceptors (Lipinski definition) is 4. The van der Waals surface area contributed by atoms with Gasteiger partial charge in [-0.3, -0.25) is 14.9 Å². The third-order valence-electron chi connectivity index (χ3n) is 3.35. The first-order valence-electron chi connectivity index (χ1n) is 5.84. The Bertz CT molecular complexity index is 523. The second kappa shape index (κ2) is 4.93. The molecule has 6 nitrogen and oxygen atoms in total. The standard InChI is InChI=1S/C12H13FN2O4/c13-9-4-8(5-10(6-9)15(18)19)11(17)14-12(7-16)2-1-3-12/h4-6,16H,1-3,7H2,(H,14,17). The molecule has 0 spiro atoms. The lowest BCUT2D eigenvalue weighted by molar-refractivity contribution is -0.385. The molecule has 19 heavy (non-hydrogen) atoms. The van der Waals surface area contributed by atoms with Gasteiger partial charge in [-0.05, 0) is 25.3 Å². The number of carbonyl (C=O) groups is 1. The van der Waals surface area contributed by atoms with Crippen LogP contribution in [0.1, 0.15) is 29.6 Å². The maximum Gasteiger partial charge on any atom is 0.273 e. The molecule has 1 aromatic carbocycles. The van der Waals surface area contributed by atoms with E-state index in [1.807, 2.05) is 0 Å². The molecular formula is C12H13FN2O4. The molecule has 1 saturated carbocycles. The van der Waals surface area contributed by atoms with Crippen molar-refractivity contribution >= 4 is 11.6 Å². The highest BCUT2D eigenvalue weighted by molar-refractivity contribution is 5.95. The van der Waals surface area contributed by atoms with Gasteiger partial charge in [0.2, 0.25) is 0 Å². The molecule has 0 atom stereocenters. The van der Waals surface area contributed by atoms with E-state index in [1.165, 1.54) is 0 Å². The van der Waals surface area contributed by atoms with Gasteiger partial charge in [-0.2, -0.15) is 0 Å². The summed E-state index contributed by atoms with van der Waals surface area (Å²) >= 11 is 0. The molecular weight excluding hydrogens is 255 g/mol. The Labute approximate surface area is 108 Å². The number of hydrogen-bond donors (Lipinski definition) is 2. The summed E-state index contributed by atoms with van der Waals surface area (Å²) < 4.78 is 13.2. The Morgan fingerprint density at radius 1 is 1.47 bits per heavy atom. The summed E-state index contributed by atoms with van der Waals surface area (Å²) in [4.78, 5) is 21.8. The molecule has 2 rings (SSSR count). The van der Waals surface area contributed by atoms with E-state index in [2.05, 4.69) is 5.32 Å². The Kier molecular flexibility index (Phi) is 3.48. The molecule has 0 heterocycles. The minimum atomic E-state index is -0.842. The number of amides is 1. The molecule has 0 saturated heterocycles. The van der Waals surface area contributed by atoms with Crippen LogP contribution in [0.3, 0.4) is 0 Å². The Morgan fingerprint density at radius 3 is 2.63 bits per heavy atom. The zero-order valence-electron chi connectivity index (χ0n) is 10.1. The Hall–Kier alpha value is -2.02. The summed E-state index contributed by atoms with van der Waals surface area (Å²) in [5.74, 6) is -1.46. The molecule has 1 aliphatic rings. The normalized spacial score (nSPS) is 16.5. The fraction of sp³-hybridized carbons (Fsp3) is 0.417. The predicted molar refractivity (Wildman–Crippen MR) is 64.2 cm³/mol. The molecule has 0 unspecified atom stereocenters. The highest BCUT2D eigenvalue weighted by Crippen LogP contribution is 2.31. The molecule has 102 valence electrons. The van der Waals surface area contributed by atoms with Crippen molar-refractivity contribution in [2.75, 3.05) is 6.61 Å². The summed E-state index contributed by atoms with van der Waals surface area (Å²) in [5, 5.41) is 22.4. The third-order valence-corrected chi connectivity index (χ3v) is 3.35. The zero-order valence-corrected chi connectivity index (χ0v) is 10.1. The van der Waals surface area contributed by atoms with E-state index in [0.717, 1.165) is 24.6 Å². The van der Waals surface area contributed by atoms with Gasteiger partial charge in [0.25, 0.3) is 11.6 Å². The number of aliphatic hydroxyl groups excluding tert-OH is 1. The van der Waals surface area contributed by atoms with E-state index in [9.17, 15) is 24.4 Å². The molecule has 1 aliphatic carbocycles. The van der Waals surface area contributed by atoms with Gasteiger partial charge in [-0.1, -0.05) is 0 Å². The summed E-state index contributed by atoms with van der Waals surface area (Å²) in [6, 6.07) is 2.70. The molecule has 1 amide bonds. The highest BCUT2D eigenvalue weighted by atomic mass is 19.1. The van der Waals surface area contributed by atoms with Gasteiger partial charge in [0.15, 0.2) is 0 Å². The molecule has 0 bridgehead atoms. The lowest BCUT2D eigenvalue weighted by Crippen LogP contribution is -2.56. The number of rotatable bonds is 4. The number of benzene rings is 1. The molecule has 0 radical (unpaired) electrons. The second-order valence-electron chi connectivity index (χ2n) is 4.70. The maximum atomic E-state index is 13.2. The smallest absolute Gasteiger partial charge is 0.273 e. The number of aliphatic hydroxyl groups is 1. The van der Waals surface area contributed by atoms with E-state index >= 15 is 0 Å². The third kappa shape index (κ3) is 2.70. The first kappa shape index (κ1) is 13.4. The molecule has 7 heteroatoms. The molecule has 1 aromatic rings. The van der Waals surface area contributed by atoms with Crippen molar-refractivity contribution in [2.45, 2.75) is 24.8 Å². The van der Waals surface area contributed by atoms with E-state index in [0.29, 0.717) is 12.8 Å². The fourth-order valence-corrected chi connectivity index (χ4v) is 2.05. The van der Waals surface area contributed by atoms with Crippen molar-refractivity contribution in [3.63, 3.8) is 0 Å². The summed E-state index contributed by atoms with van der Waals surface area (Å²) in [6.45, 7) is -0.198. The van der Waals surface area contributed by atoms with Gasteiger partial charge in [0, 0.05) is 11.6 Å². The van der Waals surface area contributed by atoms with Gasteiger partial charge < -0.3 is 10.4 Å². The topological polar surface area (TPSA) is 92.5 Å². The van der Waals surface area contributed by atoms with Crippen molar-refractivity contribution < 1.29 is 19.2 Å². The van der Waals surface area contributed by atoms with Gasteiger partial charge in [-0.15, -0.1) is 0 Å². The zero-order chi connectivity index (χ0) is 14.0. The van der Waals surface area contributed by atoms with Crippen molar-refractivity contribution in [2.24, 2.45) is 0 Å². The van der Waals surface area contributed by atoms with Crippen molar-refractivity contribution in [1.29, 1.82) is 0 Å². The monoisotopic (exact) mass is 268 g/mol. The number of nitrogens with one attached hydrogen (secondary N) is 1. The van der Waals surface area contributed by atoms with Crippen LogP contribution in [0.15, 0.2) is 18.2 Å². The average Bonchev–Trinajstić information content (AvgIpc) is 2.32. The summed E-state index contributed by atoms with van der Waals surface area (Å²) in [6.07, 6.45) is 2.18. The fourth-order valence-electron chi connectivity index (χ4n) is 2.05. The minimum Gasteiger partial charge on any atom is -0.394 e. The number of halogens is 1. The number of nitrogens with zero attached hydrogens (tertiary/aromatic N) is 1. The van der Waals surface area contributed by atoms with Gasteiger partial charge in [0.1, 0.15) is 5.82 Å². The quantitative estimate of drug-likeness (QED) is 0.637. The summed E-state index contributed by atoms with van der Waals surface area (Å²) in [7, 11) is 0. The Balaban J connectivity index is 2.21. The van der Waals surface area contributed by atoms with Crippen LogP contribution in [-0.4, -0.2) is 28.1 Å². The molecule has 2 N–H and O–H groups in total. The molecule has 0 aliphatic heterocycles. The van der Waals surface area contributed by atoms with E-state index in [4.69, 9.17) is 0 Å². The van der Waals surface area contributed by atoms with Crippen LogP contribution in [0.4, 0.5) is 10.1 Å². The summed E-state index contributed by atoms with van der Waals surface area (Å²) in [5.41, 5.74) is -1.26. The minimum absolute atomic E-state index is 0.119. The highest BCUT2D eigenvalue weighted by Gasteiger charge is 2.38. The second-order valence-corrected chi connectivity index (χ2v) is 4.70. The average molecular weight is 268 g/mol. The van der Waals surface area contributed by atoms with Gasteiger partial charge in [-0.25, -0.2) is 4.39 Å². The van der Waals surface area contributed by atoms with Gasteiger partial charge in [0.05, 0.1) is 23.1 Å². The van der Waals surface area contributed by atoms with E-state index in [1.54, 1.807) is 0 Å². The largest absolute Gasteiger partial charge is 0.394 e. The van der Waals surface area contributed by atoms with Crippen molar-refractivity contribution in [1.82, 2.24) is 5.32 Å². The lowest BCUT2D eigenvalue weighted by Gasteiger charge is -2.40. The SMILES string of the molecule is O=C(NC1(CO)CCC1)c1cc(F)cc([N+](=O)[O-])c1. The first-order valence-corrected chi connectivity index (χ1v) is 5.84. The molecule has 1 fully saturated rings. The Morgan fingerprint density at radius 2 is 2.16 bits per heavy atom. The van der Waals surface area contributed by atoms with E-state index in [-0.39, 0.29) is 12.2 Å². The van der Waals surface area contributed by atoms with Crippen LogP contribution >= 0.6 is 0 Å². The van der Waals surface area contributed by atoms with Crippen LogP contribution in [0, 0.1) is 15.9 Å². The van der Waals surface area contributed by atoms with E-state index < -0.39 is 27.9 Å². The number of non-ortho nitro benzene ring substituents is 1. The van der Waals surface area contributed by atoms with Crippen LogP contribution in [-0.2, 0) is 0 Å².